The van der Waals surface area contributed by atoms with Crippen molar-refractivity contribution in [2.45, 2.75) is 31.3 Å². The van der Waals surface area contributed by atoms with Gasteiger partial charge in [-0.2, -0.15) is 0 Å². The number of nitrogens with one attached hydrogen (secondary N) is 1. The summed E-state index contributed by atoms with van der Waals surface area (Å²) in [5, 5.41) is 1.25. The van der Waals surface area contributed by atoms with Crippen molar-refractivity contribution in [1.29, 1.82) is 0 Å². The molecular weight excluding hydrogens is 360 g/mol. The molecule has 2 aromatic carbocycles. The van der Waals surface area contributed by atoms with Gasteiger partial charge in [-0.05, 0) is 66.1 Å². The fourth-order valence-electron chi connectivity index (χ4n) is 4.52. The van der Waals surface area contributed by atoms with Crippen molar-refractivity contribution in [3.8, 4) is 11.6 Å². The van der Waals surface area contributed by atoms with Crippen LogP contribution in [0.15, 0.2) is 66.9 Å². The van der Waals surface area contributed by atoms with E-state index in [1.807, 2.05) is 18.3 Å². The van der Waals surface area contributed by atoms with Gasteiger partial charge in [0.15, 0.2) is 0 Å². The van der Waals surface area contributed by atoms with Crippen molar-refractivity contribution in [3.05, 3.63) is 89.2 Å². The Balaban J connectivity index is 1.24. The number of fused-ring (bicyclic) bond motifs is 3. The van der Waals surface area contributed by atoms with E-state index in [0.29, 0.717) is 12.5 Å². The van der Waals surface area contributed by atoms with Crippen molar-refractivity contribution >= 4 is 10.9 Å². The van der Waals surface area contributed by atoms with E-state index in [4.69, 9.17) is 14.5 Å². The Morgan fingerprint density at radius 2 is 1.93 bits per heavy atom. The molecular formula is C25H22N2O2. The van der Waals surface area contributed by atoms with Gasteiger partial charge in [0.2, 0.25) is 5.88 Å². The zero-order chi connectivity index (χ0) is 19.2. The number of H-pyrrole nitrogens is 1. The van der Waals surface area contributed by atoms with Crippen LogP contribution in [0.3, 0.4) is 0 Å². The number of aryl methyl sites for hydroxylation is 1. The summed E-state index contributed by atoms with van der Waals surface area (Å²) in [6.45, 7) is 0.660. The van der Waals surface area contributed by atoms with Crippen LogP contribution in [0.25, 0.3) is 10.9 Å². The molecule has 144 valence electrons. The largest absolute Gasteiger partial charge is 0.484 e. The van der Waals surface area contributed by atoms with Gasteiger partial charge in [0.1, 0.15) is 11.9 Å². The molecule has 2 aromatic heterocycles. The molecule has 6 rings (SSSR count). The van der Waals surface area contributed by atoms with E-state index < -0.39 is 0 Å². The second-order valence-corrected chi connectivity index (χ2v) is 7.99. The second-order valence-electron chi connectivity index (χ2n) is 7.99. The topological polar surface area (TPSA) is 47.1 Å². The van der Waals surface area contributed by atoms with E-state index >= 15 is 0 Å². The molecule has 29 heavy (non-hydrogen) atoms. The highest BCUT2D eigenvalue weighted by Crippen LogP contribution is 2.37. The smallest absolute Gasteiger partial charge is 0.216 e. The molecule has 0 radical (unpaired) electrons. The molecule has 0 amide bonds. The van der Waals surface area contributed by atoms with Crippen LogP contribution in [0.1, 0.15) is 40.8 Å². The van der Waals surface area contributed by atoms with E-state index in [9.17, 15) is 0 Å². The van der Waals surface area contributed by atoms with Crippen LogP contribution in [0.5, 0.6) is 11.6 Å². The van der Waals surface area contributed by atoms with Crippen molar-refractivity contribution in [1.82, 2.24) is 9.97 Å². The monoisotopic (exact) mass is 382 g/mol. The first-order chi connectivity index (χ1) is 14.3. The lowest BCUT2D eigenvalue weighted by atomic mass is 9.90. The Morgan fingerprint density at radius 1 is 0.966 bits per heavy atom. The maximum absolute atomic E-state index is 6.21. The molecule has 4 heteroatoms. The van der Waals surface area contributed by atoms with Gasteiger partial charge in [-0.1, -0.05) is 30.3 Å². The Kier molecular flexibility index (Phi) is 3.83. The second kappa shape index (κ2) is 6.66. The molecule has 0 spiro atoms. The zero-order valence-corrected chi connectivity index (χ0v) is 16.1. The van der Waals surface area contributed by atoms with Gasteiger partial charge in [-0.15, -0.1) is 0 Å². The summed E-state index contributed by atoms with van der Waals surface area (Å²) in [4.78, 5) is 8.08. The molecule has 2 aliphatic rings. The minimum Gasteiger partial charge on any atom is -0.484 e. The van der Waals surface area contributed by atoms with E-state index in [0.717, 1.165) is 36.6 Å². The average molecular weight is 382 g/mol. The molecule has 1 N–H and O–H groups in total. The SMILES string of the molecule is c1ccc2c(c1)CCC(c1ccc3c(n1)OCC(c1ccc4[nH]ccc4c1)C3)O2. The molecule has 4 aromatic rings. The molecule has 2 aliphatic heterocycles. The Bertz CT molecular complexity index is 1200. The fraction of sp³-hybridized carbons (Fsp3) is 0.240. The lowest BCUT2D eigenvalue weighted by Gasteiger charge is -2.28. The maximum Gasteiger partial charge on any atom is 0.216 e. The van der Waals surface area contributed by atoms with Gasteiger partial charge in [-0.25, -0.2) is 4.98 Å². The van der Waals surface area contributed by atoms with Crippen molar-refractivity contribution in [2.75, 3.05) is 6.61 Å². The summed E-state index contributed by atoms with van der Waals surface area (Å²) in [7, 11) is 0. The van der Waals surface area contributed by atoms with Crippen LogP contribution in [0.2, 0.25) is 0 Å². The van der Waals surface area contributed by atoms with Crippen LogP contribution in [0, 0.1) is 0 Å². The number of aromatic nitrogens is 2. The van der Waals surface area contributed by atoms with Crippen LogP contribution in [0.4, 0.5) is 0 Å². The quantitative estimate of drug-likeness (QED) is 0.508. The first kappa shape index (κ1) is 16.7. The number of aromatic amines is 1. The number of hydrogen-bond donors (Lipinski definition) is 1. The minimum atomic E-state index is -0.00692. The Labute approximate surface area is 169 Å². The van der Waals surface area contributed by atoms with Crippen LogP contribution in [-0.4, -0.2) is 16.6 Å². The molecule has 0 fully saturated rings. The van der Waals surface area contributed by atoms with Gasteiger partial charge in [0, 0.05) is 23.2 Å². The van der Waals surface area contributed by atoms with E-state index in [2.05, 4.69) is 53.5 Å². The van der Waals surface area contributed by atoms with Crippen molar-refractivity contribution < 1.29 is 9.47 Å². The van der Waals surface area contributed by atoms with Crippen molar-refractivity contribution in [2.24, 2.45) is 0 Å². The van der Waals surface area contributed by atoms with Gasteiger partial charge >= 0.3 is 0 Å². The number of ether oxygens (including phenoxy) is 2. The van der Waals surface area contributed by atoms with E-state index in [1.54, 1.807) is 0 Å². The van der Waals surface area contributed by atoms with E-state index in [-0.39, 0.29) is 6.10 Å². The summed E-state index contributed by atoms with van der Waals surface area (Å²) in [5.74, 6) is 2.10. The summed E-state index contributed by atoms with van der Waals surface area (Å²) < 4.78 is 12.3. The normalized spacial score (nSPS) is 20.4. The maximum atomic E-state index is 6.21. The molecule has 0 saturated carbocycles. The number of hydrogen-bond acceptors (Lipinski definition) is 3. The fourth-order valence-corrected chi connectivity index (χ4v) is 4.52. The zero-order valence-electron chi connectivity index (χ0n) is 16.1. The van der Waals surface area contributed by atoms with Crippen LogP contribution < -0.4 is 9.47 Å². The molecule has 0 aliphatic carbocycles. The molecule has 2 atom stereocenters. The molecule has 0 bridgehead atoms. The lowest BCUT2D eigenvalue weighted by Crippen LogP contribution is -2.22. The van der Waals surface area contributed by atoms with E-state index in [1.165, 1.54) is 27.6 Å². The standard InChI is InChI=1S/C25H22N2O2/c1-2-4-23-16(3-1)7-10-24(29-23)22-9-6-19-14-20(15-28-25(19)27-22)17-5-8-21-18(13-17)11-12-26-21/h1-6,8-9,11-13,20,24,26H,7,10,14-15H2. The summed E-state index contributed by atoms with van der Waals surface area (Å²) in [5.41, 5.74) is 5.91. The van der Waals surface area contributed by atoms with Crippen LogP contribution in [-0.2, 0) is 12.8 Å². The summed E-state index contributed by atoms with van der Waals surface area (Å²) in [6, 6.07) is 21.3. The predicted molar refractivity (Wildman–Crippen MR) is 113 cm³/mol. The number of para-hydroxylation sites is 1. The molecule has 4 heterocycles. The van der Waals surface area contributed by atoms with Gasteiger partial charge in [0.25, 0.3) is 0 Å². The summed E-state index contributed by atoms with van der Waals surface area (Å²) in [6.07, 6.45) is 4.89. The average Bonchev–Trinajstić information content (AvgIpc) is 3.26. The minimum absolute atomic E-state index is 0.00692. The molecule has 0 saturated heterocycles. The number of nitrogens with zero attached hydrogens (tertiary/aromatic N) is 1. The predicted octanol–water partition coefficient (Wildman–Crippen LogP) is 5.35. The highest BCUT2D eigenvalue weighted by Gasteiger charge is 2.26. The third-order valence-corrected chi connectivity index (χ3v) is 6.14. The molecule has 2 unspecified atom stereocenters. The van der Waals surface area contributed by atoms with Gasteiger partial charge in [0.05, 0.1) is 12.3 Å². The Hall–Kier alpha value is -3.27. The van der Waals surface area contributed by atoms with Gasteiger partial charge < -0.3 is 14.5 Å². The number of pyridine rings is 1. The highest BCUT2D eigenvalue weighted by atomic mass is 16.5. The first-order valence-corrected chi connectivity index (χ1v) is 10.3. The van der Waals surface area contributed by atoms with Gasteiger partial charge in [-0.3, -0.25) is 0 Å². The number of benzene rings is 2. The number of rotatable bonds is 2. The van der Waals surface area contributed by atoms with Crippen molar-refractivity contribution in [3.63, 3.8) is 0 Å². The first-order valence-electron chi connectivity index (χ1n) is 10.3. The third kappa shape index (κ3) is 2.96. The summed E-state index contributed by atoms with van der Waals surface area (Å²) >= 11 is 0. The molecule has 4 nitrogen and oxygen atoms in total. The lowest BCUT2D eigenvalue weighted by molar-refractivity contribution is 0.169. The van der Waals surface area contributed by atoms with Crippen LogP contribution >= 0.6 is 0 Å². The third-order valence-electron chi connectivity index (χ3n) is 6.14. The highest BCUT2D eigenvalue weighted by molar-refractivity contribution is 5.80. The Morgan fingerprint density at radius 3 is 2.93 bits per heavy atom.